The molecule has 0 aromatic carbocycles. The number of nitrogens with zero attached hydrogens (tertiary/aromatic N) is 1. The Balaban J connectivity index is 1.57. The van der Waals surface area contributed by atoms with Crippen molar-refractivity contribution in [2.75, 3.05) is 0 Å². The number of halogens is 3. The van der Waals surface area contributed by atoms with Crippen molar-refractivity contribution < 1.29 is 22.7 Å². The van der Waals surface area contributed by atoms with Gasteiger partial charge in [-0.3, -0.25) is 4.79 Å². The molecule has 7 heteroatoms. The summed E-state index contributed by atoms with van der Waals surface area (Å²) in [5, 5.41) is 2.76. The third kappa shape index (κ3) is 5.34. The number of hydrogen-bond acceptors (Lipinski definition) is 3. The van der Waals surface area contributed by atoms with Crippen molar-refractivity contribution >= 4 is 5.91 Å². The molecule has 1 aromatic heterocycles. The number of rotatable bonds is 6. The highest BCUT2D eigenvalue weighted by Gasteiger charge is 2.46. The Hall–Kier alpha value is -1.79. The van der Waals surface area contributed by atoms with Gasteiger partial charge >= 0.3 is 6.18 Å². The van der Waals surface area contributed by atoms with Crippen LogP contribution in [0, 0.1) is 0 Å². The minimum atomic E-state index is -4.20. The fourth-order valence-corrected chi connectivity index (χ4v) is 3.25. The zero-order valence-corrected chi connectivity index (χ0v) is 14.1. The minimum absolute atomic E-state index is 0.0707. The molecule has 0 aliphatic heterocycles. The van der Waals surface area contributed by atoms with E-state index in [-0.39, 0.29) is 18.4 Å². The molecule has 2 aliphatic carbocycles. The summed E-state index contributed by atoms with van der Waals surface area (Å²) < 4.78 is 43.1. The number of amides is 1. The van der Waals surface area contributed by atoms with Gasteiger partial charge in [-0.15, -0.1) is 0 Å². The number of hydrogen-bond donors (Lipinski definition) is 1. The molecule has 2 fully saturated rings. The molecule has 1 heterocycles. The third-order valence-electron chi connectivity index (χ3n) is 4.96. The van der Waals surface area contributed by atoms with Crippen molar-refractivity contribution in [3.05, 3.63) is 23.9 Å². The number of carbonyl (C=O) groups excluding carboxylic acids is 1. The second-order valence-corrected chi connectivity index (χ2v) is 7.11. The third-order valence-corrected chi connectivity index (χ3v) is 4.96. The molecule has 0 unspecified atom stereocenters. The second-order valence-electron chi connectivity index (χ2n) is 7.11. The van der Waals surface area contributed by atoms with Crippen molar-refractivity contribution in [1.29, 1.82) is 0 Å². The largest absolute Gasteiger partial charge is 0.474 e. The Bertz CT molecular complexity index is 609. The summed E-state index contributed by atoms with van der Waals surface area (Å²) in [5.41, 5.74) is -0.334. The van der Waals surface area contributed by atoms with Crippen LogP contribution in [0.4, 0.5) is 13.2 Å². The van der Waals surface area contributed by atoms with E-state index in [1.165, 1.54) is 12.6 Å². The molecule has 0 atom stereocenters. The van der Waals surface area contributed by atoms with Gasteiger partial charge in [-0.1, -0.05) is 6.42 Å². The van der Waals surface area contributed by atoms with Gasteiger partial charge < -0.3 is 10.1 Å². The van der Waals surface area contributed by atoms with Crippen LogP contribution < -0.4 is 10.1 Å². The maximum Gasteiger partial charge on any atom is 0.389 e. The molecule has 0 bridgehead atoms. The number of nitrogens with one attached hydrogen (secondary N) is 1. The number of aromatic nitrogens is 1. The fourth-order valence-electron chi connectivity index (χ4n) is 3.25. The number of ether oxygens (including phenoxy) is 1. The monoisotopic (exact) mass is 356 g/mol. The molecule has 4 nitrogen and oxygen atoms in total. The van der Waals surface area contributed by atoms with E-state index >= 15 is 0 Å². The van der Waals surface area contributed by atoms with Crippen LogP contribution >= 0.6 is 0 Å². The number of carbonyl (C=O) groups is 1. The van der Waals surface area contributed by atoms with E-state index in [4.69, 9.17) is 4.74 Å². The molecule has 0 radical (unpaired) electrons. The van der Waals surface area contributed by atoms with Gasteiger partial charge in [0.2, 0.25) is 5.88 Å². The first-order valence-electron chi connectivity index (χ1n) is 8.87. The van der Waals surface area contributed by atoms with Crippen molar-refractivity contribution in [2.45, 2.75) is 75.6 Å². The number of pyridine rings is 1. The van der Waals surface area contributed by atoms with E-state index in [2.05, 4.69) is 10.3 Å². The highest BCUT2D eigenvalue weighted by atomic mass is 19.4. The lowest BCUT2D eigenvalue weighted by Gasteiger charge is -2.22. The van der Waals surface area contributed by atoms with Gasteiger partial charge in [0, 0.05) is 29.8 Å². The van der Waals surface area contributed by atoms with Gasteiger partial charge in [0.15, 0.2) is 0 Å². The standard InChI is InChI=1S/C18H23F3N2O2/c19-18(20,21)10-9-17(7-8-17)23-16(24)13-6-11-22-15(12-13)25-14-4-2-1-3-5-14/h6,11-12,14H,1-5,7-10H2,(H,23,24). The van der Waals surface area contributed by atoms with Crippen LogP contribution in [0.2, 0.25) is 0 Å². The predicted octanol–water partition coefficient (Wildman–Crippen LogP) is 4.40. The predicted molar refractivity (Wildman–Crippen MR) is 86.5 cm³/mol. The summed E-state index contributed by atoms with van der Waals surface area (Å²) in [4.78, 5) is 16.5. The molecular weight excluding hydrogens is 333 g/mol. The Kier molecular flexibility index (Phi) is 5.20. The highest BCUT2D eigenvalue weighted by molar-refractivity contribution is 5.95. The second kappa shape index (κ2) is 7.22. The number of alkyl halides is 3. The molecule has 0 spiro atoms. The smallest absolute Gasteiger partial charge is 0.389 e. The molecule has 1 aromatic rings. The lowest BCUT2D eigenvalue weighted by atomic mass is 9.98. The maximum absolute atomic E-state index is 12.4. The van der Waals surface area contributed by atoms with E-state index in [0.717, 1.165) is 25.7 Å². The molecule has 25 heavy (non-hydrogen) atoms. The quantitative estimate of drug-likeness (QED) is 0.822. The normalized spacial score (nSPS) is 20.1. The van der Waals surface area contributed by atoms with Crippen molar-refractivity contribution in [3.8, 4) is 5.88 Å². The Morgan fingerprint density at radius 1 is 1.28 bits per heavy atom. The van der Waals surface area contributed by atoms with Gasteiger partial charge in [0.25, 0.3) is 5.91 Å². The van der Waals surface area contributed by atoms with Gasteiger partial charge in [0.05, 0.1) is 0 Å². The summed E-state index contributed by atoms with van der Waals surface area (Å²) in [6, 6.07) is 3.13. The summed E-state index contributed by atoms with van der Waals surface area (Å²) >= 11 is 0. The van der Waals surface area contributed by atoms with Gasteiger partial charge in [0.1, 0.15) is 6.10 Å². The van der Waals surface area contributed by atoms with Gasteiger partial charge in [-0.05, 0) is 51.0 Å². The molecule has 2 aliphatic rings. The van der Waals surface area contributed by atoms with E-state index in [1.807, 2.05) is 0 Å². The zero-order valence-electron chi connectivity index (χ0n) is 14.1. The molecule has 0 saturated heterocycles. The highest BCUT2D eigenvalue weighted by Crippen LogP contribution is 2.42. The Morgan fingerprint density at radius 3 is 2.64 bits per heavy atom. The maximum atomic E-state index is 12.4. The summed E-state index contributed by atoms with van der Waals surface area (Å²) in [7, 11) is 0. The van der Waals surface area contributed by atoms with E-state index in [1.54, 1.807) is 12.1 Å². The first-order chi connectivity index (χ1) is 11.9. The molecule has 2 saturated carbocycles. The molecule has 1 amide bonds. The van der Waals surface area contributed by atoms with Crippen LogP contribution in [0.3, 0.4) is 0 Å². The summed E-state index contributed by atoms with van der Waals surface area (Å²) in [5.74, 6) is 0.0373. The fraction of sp³-hybridized carbons (Fsp3) is 0.667. The van der Waals surface area contributed by atoms with Crippen LogP contribution in [-0.2, 0) is 0 Å². The van der Waals surface area contributed by atoms with Crippen LogP contribution in [0.5, 0.6) is 5.88 Å². The average Bonchev–Trinajstić information content (AvgIpc) is 3.34. The molecular formula is C18H23F3N2O2. The van der Waals surface area contributed by atoms with Gasteiger partial charge in [-0.2, -0.15) is 13.2 Å². The topological polar surface area (TPSA) is 51.2 Å². The minimum Gasteiger partial charge on any atom is -0.474 e. The summed E-state index contributed by atoms with van der Waals surface area (Å²) in [6.45, 7) is 0. The van der Waals surface area contributed by atoms with E-state index < -0.39 is 18.1 Å². The van der Waals surface area contributed by atoms with Crippen molar-refractivity contribution in [2.24, 2.45) is 0 Å². The Morgan fingerprint density at radius 2 is 2.00 bits per heavy atom. The zero-order chi connectivity index (χ0) is 17.9. The van der Waals surface area contributed by atoms with E-state index in [9.17, 15) is 18.0 Å². The average molecular weight is 356 g/mol. The summed E-state index contributed by atoms with van der Waals surface area (Å²) in [6.07, 6.45) is 3.11. The van der Waals surface area contributed by atoms with Crippen LogP contribution in [0.15, 0.2) is 18.3 Å². The lowest BCUT2D eigenvalue weighted by Crippen LogP contribution is -2.37. The lowest BCUT2D eigenvalue weighted by molar-refractivity contribution is -0.137. The molecule has 138 valence electrons. The first-order valence-corrected chi connectivity index (χ1v) is 8.87. The SMILES string of the molecule is O=C(NC1(CCC(F)(F)F)CC1)c1ccnc(OC2CCCCC2)c1. The van der Waals surface area contributed by atoms with Crippen LogP contribution in [-0.4, -0.2) is 28.7 Å². The first kappa shape index (κ1) is 18.0. The van der Waals surface area contributed by atoms with Crippen LogP contribution in [0.25, 0.3) is 0 Å². The van der Waals surface area contributed by atoms with Crippen molar-refractivity contribution in [1.82, 2.24) is 10.3 Å². The molecule has 3 rings (SSSR count). The van der Waals surface area contributed by atoms with Crippen molar-refractivity contribution in [3.63, 3.8) is 0 Å². The van der Waals surface area contributed by atoms with Gasteiger partial charge in [-0.25, -0.2) is 4.98 Å². The Labute approximate surface area is 145 Å². The molecule has 1 N–H and O–H groups in total. The van der Waals surface area contributed by atoms with Crippen LogP contribution in [0.1, 0.15) is 68.1 Å². The van der Waals surface area contributed by atoms with E-state index in [0.29, 0.717) is 24.3 Å².